The highest BCUT2D eigenvalue weighted by molar-refractivity contribution is 5.76. The van der Waals surface area contributed by atoms with E-state index in [0.717, 1.165) is 12.1 Å². The second-order valence-corrected chi connectivity index (χ2v) is 3.75. The number of carbonyl (C=O) groups excluding carboxylic acids is 1. The Morgan fingerprint density at radius 3 is 2.63 bits per heavy atom. The van der Waals surface area contributed by atoms with Crippen LogP contribution in [0.1, 0.15) is 5.56 Å². The number of ether oxygens (including phenoxy) is 2. The Morgan fingerprint density at radius 1 is 1.53 bits per heavy atom. The number of phenols is 1. The molecule has 0 amide bonds. The molecular weight excluding hydrogens is 256 g/mol. The highest BCUT2D eigenvalue weighted by Gasteiger charge is 2.21. The first-order valence-electron chi connectivity index (χ1n) is 5.28. The van der Waals surface area contributed by atoms with Gasteiger partial charge in [0.15, 0.2) is 11.5 Å². The van der Waals surface area contributed by atoms with Crippen molar-refractivity contribution in [3.8, 4) is 11.5 Å². The Hall–Kier alpha value is -2.35. The van der Waals surface area contributed by atoms with Gasteiger partial charge in [-0.05, 0) is 0 Å². The molecule has 0 fully saturated rings. The van der Waals surface area contributed by atoms with Crippen molar-refractivity contribution in [2.75, 3.05) is 14.2 Å². The van der Waals surface area contributed by atoms with E-state index in [1.54, 1.807) is 0 Å². The summed E-state index contributed by atoms with van der Waals surface area (Å²) in [6.07, 6.45) is -0.101. The van der Waals surface area contributed by atoms with Crippen LogP contribution in [-0.2, 0) is 16.0 Å². The maximum atomic E-state index is 11.2. The molecule has 19 heavy (non-hydrogen) atoms. The predicted octanol–water partition coefficient (Wildman–Crippen LogP) is 0.352. The van der Waals surface area contributed by atoms with Gasteiger partial charge in [0.2, 0.25) is 0 Å². The molecule has 0 saturated heterocycles. The van der Waals surface area contributed by atoms with Crippen LogP contribution in [0.25, 0.3) is 0 Å². The molecule has 0 aromatic heterocycles. The van der Waals surface area contributed by atoms with Gasteiger partial charge in [-0.3, -0.25) is 14.9 Å². The molecular formula is C11H14N2O6. The van der Waals surface area contributed by atoms with Gasteiger partial charge in [0, 0.05) is 18.1 Å². The average molecular weight is 270 g/mol. The summed E-state index contributed by atoms with van der Waals surface area (Å²) < 4.78 is 9.28. The van der Waals surface area contributed by atoms with Crippen molar-refractivity contribution in [1.29, 1.82) is 0 Å². The number of esters is 1. The van der Waals surface area contributed by atoms with Crippen LogP contribution in [0, 0.1) is 10.1 Å². The molecule has 1 unspecified atom stereocenters. The van der Waals surface area contributed by atoms with Crippen molar-refractivity contribution in [3.63, 3.8) is 0 Å². The normalized spacial score (nSPS) is 11.7. The lowest BCUT2D eigenvalue weighted by atomic mass is 10.0. The Labute approximate surface area is 108 Å². The highest BCUT2D eigenvalue weighted by Crippen LogP contribution is 2.35. The minimum Gasteiger partial charge on any atom is -0.504 e. The molecule has 0 aliphatic carbocycles. The molecule has 8 nitrogen and oxygen atoms in total. The Morgan fingerprint density at radius 2 is 2.16 bits per heavy atom. The standard InChI is InChI=1S/C11H14N2O6/c1-18-9-5-7(13(16)17)3-6(10(9)14)4-8(12)11(15)19-2/h3,5,8,14H,4,12H2,1-2H3. The summed E-state index contributed by atoms with van der Waals surface area (Å²) in [7, 11) is 2.44. The molecule has 8 heteroatoms. The number of nitrogens with two attached hydrogens (primary N) is 1. The highest BCUT2D eigenvalue weighted by atomic mass is 16.6. The zero-order valence-electron chi connectivity index (χ0n) is 10.5. The molecule has 1 aromatic rings. The van der Waals surface area contributed by atoms with E-state index in [-0.39, 0.29) is 29.2 Å². The van der Waals surface area contributed by atoms with Crippen molar-refractivity contribution in [2.45, 2.75) is 12.5 Å². The third-order valence-corrected chi connectivity index (χ3v) is 2.51. The SMILES string of the molecule is COC(=O)C(N)Cc1cc([N+](=O)[O-])cc(OC)c1O. The van der Waals surface area contributed by atoms with E-state index in [2.05, 4.69) is 4.74 Å². The number of aromatic hydroxyl groups is 1. The van der Waals surface area contributed by atoms with Gasteiger partial charge >= 0.3 is 5.97 Å². The monoisotopic (exact) mass is 270 g/mol. The van der Waals surface area contributed by atoms with Crippen LogP contribution in [0.3, 0.4) is 0 Å². The lowest BCUT2D eigenvalue weighted by Gasteiger charge is -2.12. The summed E-state index contributed by atoms with van der Waals surface area (Å²) in [5, 5.41) is 20.6. The van der Waals surface area contributed by atoms with Crippen LogP contribution >= 0.6 is 0 Å². The number of nitrogens with zero attached hydrogens (tertiary/aromatic N) is 1. The van der Waals surface area contributed by atoms with Gasteiger partial charge in [-0.15, -0.1) is 0 Å². The van der Waals surface area contributed by atoms with E-state index in [9.17, 15) is 20.0 Å². The number of methoxy groups -OCH3 is 2. The van der Waals surface area contributed by atoms with E-state index in [4.69, 9.17) is 10.5 Å². The quantitative estimate of drug-likeness (QED) is 0.449. The van der Waals surface area contributed by atoms with Crippen LogP contribution < -0.4 is 10.5 Å². The Kier molecular flexibility index (Phi) is 4.65. The number of non-ortho nitro benzene ring substituents is 1. The first-order chi connectivity index (χ1) is 8.90. The largest absolute Gasteiger partial charge is 0.504 e. The third kappa shape index (κ3) is 3.32. The van der Waals surface area contributed by atoms with E-state index in [1.807, 2.05) is 0 Å². The molecule has 0 aliphatic rings. The Bertz CT molecular complexity index is 502. The molecule has 3 N–H and O–H groups in total. The number of nitro groups is 1. The number of phenolic OH excluding ortho intramolecular Hbond substituents is 1. The first kappa shape index (κ1) is 14.7. The summed E-state index contributed by atoms with van der Waals surface area (Å²) in [5.74, 6) is -1.02. The molecule has 0 aliphatic heterocycles. The van der Waals surface area contributed by atoms with Gasteiger partial charge in [0.05, 0.1) is 25.2 Å². The zero-order valence-corrected chi connectivity index (χ0v) is 10.5. The molecule has 1 rings (SSSR count). The Balaban J connectivity index is 3.15. The molecule has 0 bridgehead atoms. The number of rotatable bonds is 5. The minimum absolute atomic E-state index is 0.0544. The van der Waals surface area contributed by atoms with Crippen molar-refractivity contribution in [1.82, 2.24) is 0 Å². The third-order valence-electron chi connectivity index (χ3n) is 2.51. The fourth-order valence-electron chi connectivity index (χ4n) is 1.54. The van der Waals surface area contributed by atoms with Crippen molar-refractivity contribution >= 4 is 11.7 Å². The lowest BCUT2D eigenvalue weighted by molar-refractivity contribution is -0.385. The summed E-state index contributed by atoms with van der Waals surface area (Å²) in [4.78, 5) is 21.3. The number of hydrogen-bond donors (Lipinski definition) is 2. The first-order valence-corrected chi connectivity index (χ1v) is 5.28. The second-order valence-electron chi connectivity index (χ2n) is 3.75. The molecule has 0 spiro atoms. The molecule has 0 radical (unpaired) electrons. The van der Waals surface area contributed by atoms with Crippen LogP contribution in [0.5, 0.6) is 11.5 Å². The number of benzene rings is 1. The van der Waals surface area contributed by atoms with Gasteiger partial charge in [0.1, 0.15) is 6.04 Å². The zero-order chi connectivity index (χ0) is 14.6. The van der Waals surface area contributed by atoms with Crippen molar-refractivity contribution in [2.24, 2.45) is 5.73 Å². The van der Waals surface area contributed by atoms with E-state index in [1.165, 1.54) is 14.2 Å². The van der Waals surface area contributed by atoms with Gasteiger partial charge < -0.3 is 20.3 Å². The van der Waals surface area contributed by atoms with Gasteiger partial charge in [-0.1, -0.05) is 0 Å². The second kappa shape index (κ2) is 6.01. The number of hydrogen-bond acceptors (Lipinski definition) is 7. The summed E-state index contributed by atoms with van der Waals surface area (Å²) >= 11 is 0. The molecule has 1 aromatic carbocycles. The average Bonchev–Trinajstić information content (AvgIpc) is 2.39. The van der Waals surface area contributed by atoms with E-state index in [0.29, 0.717) is 0 Å². The van der Waals surface area contributed by atoms with Crippen molar-refractivity contribution in [3.05, 3.63) is 27.8 Å². The fraction of sp³-hybridized carbons (Fsp3) is 0.364. The smallest absolute Gasteiger partial charge is 0.322 e. The van der Waals surface area contributed by atoms with Gasteiger partial charge in [-0.2, -0.15) is 0 Å². The lowest BCUT2D eigenvalue weighted by Crippen LogP contribution is -2.33. The summed E-state index contributed by atoms with van der Waals surface area (Å²) in [5.41, 5.74) is 5.43. The molecule has 0 heterocycles. The van der Waals surface area contributed by atoms with Crippen LogP contribution in [0.4, 0.5) is 5.69 Å². The molecule has 0 saturated carbocycles. The molecule has 104 valence electrons. The fourth-order valence-corrected chi connectivity index (χ4v) is 1.54. The number of carbonyl (C=O) groups is 1. The van der Waals surface area contributed by atoms with E-state index >= 15 is 0 Å². The summed E-state index contributed by atoms with van der Waals surface area (Å²) in [6, 6.07) is 1.20. The summed E-state index contributed by atoms with van der Waals surface area (Å²) in [6.45, 7) is 0. The van der Waals surface area contributed by atoms with Crippen molar-refractivity contribution < 1.29 is 24.3 Å². The maximum Gasteiger partial charge on any atom is 0.322 e. The number of nitro benzene ring substituents is 1. The maximum absolute atomic E-state index is 11.2. The van der Waals surface area contributed by atoms with E-state index < -0.39 is 16.9 Å². The van der Waals surface area contributed by atoms with Crippen LogP contribution in [0.15, 0.2) is 12.1 Å². The predicted molar refractivity (Wildman–Crippen MR) is 65.0 cm³/mol. The minimum atomic E-state index is -1.03. The van der Waals surface area contributed by atoms with Crippen LogP contribution in [-0.4, -0.2) is 36.3 Å². The van der Waals surface area contributed by atoms with Gasteiger partial charge in [-0.25, -0.2) is 0 Å². The van der Waals surface area contributed by atoms with Crippen LogP contribution in [0.2, 0.25) is 0 Å². The van der Waals surface area contributed by atoms with Gasteiger partial charge in [0.25, 0.3) is 5.69 Å². The molecule has 1 atom stereocenters. The topological polar surface area (TPSA) is 125 Å².